The minimum atomic E-state index is -1.12. The van der Waals surface area contributed by atoms with Gasteiger partial charge in [-0.15, -0.1) is 0 Å². The highest BCUT2D eigenvalue weighted by Crippen LogP contribution is 2.49. The van der Waals surface area contributed by atoms with Crippen LogP contribution in [0.3, 0.4) is 0 Å². The summed E-state index contributed by atoms with van der Waals surface area (Å²) >= 11 is 0. The van der Waals surface area contributed by atoms with Gasteiger partial charge in [0.1, 0.15) is 18.1 Å². The number of carbonyl (C=O) groups excluding carboxylic acids is 1. The van der Waals surface area contributed by atoms with Crippen molar-refractivity contribution >= 4 is 5.97 Å². The van der Waals surface area contributed by atoms with E-state index in [1.165, 1.54) is 31.7 Å². The zero-order valence-corrected chi connectivity index (χ0v) is 21.9. The Labute approximate surface area is 219 Å². The molecule has 0 N–H and O–H groups in total. The largest absolute Gasteiger partial charge is 0.490 e. The van der Waals surface area contributed by atoms with Crippen molar-refractivity contribution in [3.63, 3.8) is 0 Å². The van der Waals surface area contributed by atoms with Crippen LogP contribution in [0.5, 0.6) is 11.5 Å². The Morgan fingerprint density at radius 3 is 2.32 bits per heavy atom. The zero-order valence-electron chi connectivity index (χ0n) is 21.9. The van der Waals surface area contributed by atoms with Crippen molar-refractivity contribution in [3.8, 4) is 11.5 Å². The first kappa shape index (κ1) is 27.1. The van der Waals surface area contributed by atoms with E-state index in [9.17, 15) is 4.79 Å². The smallest absolute Gasteiger partial charge is 0.346 e. The van der Waals surface area contributed by atoms with Gasteiger partial charge < -0.3 is 9.47 Å². The molecule has 0 radical (unpaired) electrons. The summed E-state index contributed by atoms with van der Waals surface area (Å²) in [6.07, 6.45) is 17.0. The first-order valence-electron chi connectivity index (χ1n) is 13.6. The van der Waals surface area contributed by atoms with Crippen LogP contribution in [-0.2, 0) is 0 Å². The summed E-state index contributed by atoms with van der Waals surface area (Å²) in [5.74, 6) is -0.0228. The number of hydrogen-bond donors (Lipinski definition) is 0. The molecule has 198 valence electrons. The molecular formula is C32H38F2O3. The molecule has 2 aliphatic rings. The van der Waals surface area contributed by atoms with Gasteiger partial charge in [0, 0.05) is 0 Å². The quantitative estimate of drug-likeness (QED) is 0.193. The molecule has 2 aliphatic carbocycles. The molecule has 37 heavy (non-hydrogen) atoms. The van der Waals surface area contributed by atoms with Crippen LogP contribution >= 0.6 is 0 Å². The Kier molecular flexibility index (Phi) is 9.54. The van der Waals surface area contributed by atoms with Crippen LogP contribution in [0.4, 0.5) is 8.78 Å². The molecule has 0 heterocycles. The Morgan fingerprint density at radius 1 is 0.865 bits per heavy atom. The fourth-order valence-corrected chi connectivity index (χ4v) is 6.07. The summed E-state index contributed by atoms with van der Waals surface area (Å²) in [5.41, 5.74) is 0.00956. The molecule has 2 saturated carbocycles. The van der Waals surface area contributed by atoms with E-state index in [1.807, 2.05) is 19.1 Å². The molecular weight excluding hydrogens is 470 g/mol. The molecule has 5 heteroatoms. The van der Waals surface area contributed by atoms with Gasteiger partial charge in [-0.1, -0.05) is 36.8 Å². The van der Waals surface area contributed by atoms with Crippen molar-refractivity contribution in [2.75, 3.05) is 6.61 Å². The third-order valence-electron chi connectivity index (χ3n) is 8.09. The van der Waals surface area contributed by atoms with Gasteiger partial charge in [0.05, 0.1) is 5.56 Å². The van der Waals surface area contributed by atoms with E-state index in [0.29, 0.717) is 29.8 Å². The molecule has 0 aliphatic heterocycles. The van der Waals surface area contributed by atoms with E-state index < -0.39 is 17.6 Å². The molecule has 0 saturated heterocycles. The number of esters is 1. The minimum Gasteiger partial charge on any atom is -0.490 e. The molecule has 2 aromatic rings. The van der Waals surface area contributed by atoms with Crippen LogP contribution in [0.25, 0.3) is 0 Å². The first-order chi connectivity index (χ1) is 18.0. The second-order valence-electron chi connectivity index (χ2n) is 10.4. The third-order valence-corrected chi connectivity index (χ3v) is 8.09. The van der Waals surface area contributed by atoms with Crippen molar-refractivity contribution in [2.45, 2.75) is 71.1 Å². The molecule has 2 aromatic carbocycles. The highest BCUT2D eigenvalue weighted by atomic mass is 19.2. The van der Waals surface area contributed by atoms with E-state index in [2.05, 4.69) is 19.1 Å². The Morgan fingerprint density at radius 2 is 1.57 bits per heavy atom. The maximum atomic E-state index is 15.2. The molecule has 0 bridgehead atoms. The number of benzene rings is 2. The number of rotatable bonds is 9. The SMILES string of the molecule is C/C=C/CCC1CCC2CC(c3ccc(C(=O)Oc4ccc(OC/C=C/C)cc4)c(F)c3F)CCC2C1. The van der Waals surface area contributed by atoms with Gasteiger partial charge >= 0.3 is 5.97 Å². The number of carbonyl (C=O) groups is 1. The predicted molar refractivity (Wildman–Crippen MR) is 143 cm³/mol. The number of hydrogen-bond acceptors (Lipinski definition) is 3. The minimum absolute atomic E-state index is 0.00417. The van der Waals surface area contributed by atoms with Crippen molar-refractivity contribution in [1.29, 1.82) is 0 Å². The summed E-state index contributed by atoms with van der Waals surface area (Å²) in [4.78, 5) is 12.6. The van der Waals surface area contributed by atoms with Gasteiger partial charge in [-0.3, -0.25) is 0 Å². The summed E-state index contributed by atoms with van der Waals surface area (Å²) in [7, 11) is 0. The summed E-state index contributed by atoms with van der Waals surface area (Å²) in [5, 5.41) is 0. The van der Waals surface area contributed by atoms with Gasteiger partial charge in [-0.2, -0.15) is 0 Å². The summed E-state index contributed by atoms with van der Waals surface area (Å²) in [6.45, 7) is 4.41. The Bertz CT molecular complexity index is 1110. The normalized spacial score (nSPS) is 23.8. The van der Waals surface area contributed by atoms with Gasteiger partial charge in [0.2, 0.25) is 0 Å². The number of allylic oxidation sites excluding steroid dienone is 3. The van der Waals surface area contributed by atoms with Crippen LogP contribution < -0.4 is 9.47 Å². The molecule has 0 amide bonds. The van der Waals surface area contributed by atoms with Crippen molar-refractivity contribution in [3.05, 3.63) is 83.5 Å². The lowest BCUT2D eigenvalue weighted by Gasteiger charge is -2.42. The summed E-state index contributed by atoms with van der Waals surface area (Å²) < 4.78 is 41.0. The van der Waals surface area contributed by atoms with Crippen LogP contribution in [0, 0.1) is 29.4 Å². The lowest BCUT2D eigenvalue weighted by atomic mass is 9.63. The second kappa shape index (κ2) is 13.0. The molecule has 4 unspecified atom stereocenters. The van der Waals surface area contributed by atoms with Crippen LogP contribution in [0.2, 0.25) is 0 Å². The number of halogens is 2. The Balaban J connectivity index is 1.36. The molecule has 0 spiro atoms. The number of ether oxygens (including phenoxy) is 2. The molecule has 4 rings (SSSR count). The highest BCUT2D eigenvalue weighted by Gasteiger charge is 2.37. The highest BCUT2D eigenvalue weighted by molar-refractivity contribution is 5.91. The van der Waals surface area contributed by atoms with Crippen molar-refractivity contribution in [2.24, 2.45) is 17.8 Å². The van der Waals surface area contributed by atoms with Gasteiger partial charge in [-0.25, -0.2) is 13.6 Å². The average Bonchev–Trinajstić information content (AvgIpc) is 2.91. The fourth-order valence-electron chi connectivity index (χ4n) is 6.07. The monoisotopic (exact) mass is 508 g/mol. The molecule has 2 fully saturated rings. The molecule has 0 aromatic heterocycles. The van der Waals surface area contributed by atoms with Gasteiger partial charge in [-0.05, 0) is 118 Å². The van der Waals surface area contributed by atoms with E-state index in [4.69, 9.17) is 9.47 Å². The second-order valence-corrected chi connectivity index (χ2v) is 10.4. The van der Waals surface area contributed by atoms with Crippen molar-refractivity contribution in [1.82, 2.24) is 0 Å². The zero-order chi connectivity index (χ0) is 26.2. The summed E-state index contributed by atoms with van der Waals surface area (Å²) in [6, 6.07) is 9.42. The lowest BCUT2D eigenvalue weighted by Crippen LogP contribution is -2.30. The topological polar surface area (TPSA) is 35.5 Å². The fraction of sp³-hybridized carbons (Fsp3) is 0.469. The molecule has 4 atom stereocenters. The van der Waals surface area contributed by atoms with Crippen LogP contribution in [-0.4, -0.2) is 12.6 Å². The predicted octanol–water partition coefficient (Wildman–Crippen LogP) is 8.80. The number of fused-ring (bicyclic) bond motifs is 1. The average molecular weight is 509 g/mol. The third kappa shape index (κ3) is 6.88. The first-order valence-corrected chi connectivity index (χ1v) is 13.6. The van der Waals surface area contributed by atoms with Crippen LogP contribution in [0.15, 0.2) is 60.7 Å². The van der Waals surface area contributed by atoms with Crippen molar-refractivity contribution < 1.29 is 23.0 Å². The molecule has 3 nitrogen and oxygen atoms in total. The lowest BCUT2D eigenvalue weighted by molar-refractivity contribution is 0.0728. The van der Waals surface area contributed by atoms with E-state index in [0.717, 1.165) is 31.6 Å². The Hall–Kier alpha value is -2.95. The van der Waals surface area contributed by atoms with E-state index in [1.54, 1.807) is 30.3 Å². The standard InChI is InChI=1S/C32H38F2O3/c1-3-5-7-8-22-9-10-24-21-25(12-11-23(24)20-22)28-17-18-29(31(34)30(28)33)32(35)37-27-15-13-26(14-16-27)36-19-6-4-2/h3-6,13-18,22-25H,7-12,19-21H2,1-2H3/b5-3+,6-4+. The van der Waals surface area contributed by atoms with E-state index in [-0.39, 0.29) is 17.2 Å². The van der Waals surface area contributed by atoms with Crippen LogP contribution in [0.1, 0.15) is 87.1 Å². The van der Waals surface area contributed by atoms with Gasteiger partial charge in [0.15, 0.2) is 11.6 Å². The maximum absolute atomic E-state index is 15.2. The maximum Gasteiger partial charge on any atom is 0.346 e. The van der Waals surface area contributed by atoms with Gasteiger partial charge in [0.25, 0.3) is 0 Å². The van der Waals surface area contributed by atoms with E-state index >= 15 is 8.78 Å².